The van der Waals surface area contributed by atoms with Crippen LogP contribution < -0.4 is 14.8 Å². The minimum atomic E-state index is 0.287. The van der Waals surface area contributed by atoms with Gasteiger partial charge in [0.25, 0.3) is 0 Å². The van der Waals surface area contributed by atoms with Gasteiger partial charge in [0.15, 0.2) is 11.5 Å². The Bertz CT molecular complexity index is 376. The van der Waals surface area contributed by atoms with Gasteiger partial charge in [-0.3, -0.25) is 0 Å². The Hall–Kier alpha value is -1.22. The minimum Gasteiger partial charge on any atom is -0.490 e. The lowest BCUT2D eigenvalue weighted by Crippen LogP contribution is -2.28. The first-order valence-electron chi connectivity index (χ1n) is 6.37. The van der Waals surface area contributed by atoms with Crippen molar-refractivity contribution in [3.63, 3.8) is 0 Å². The number of nitrogens with one attached hydrogen (secondary N) is 1. The van der Waals surface area contributed by atoms with Crippen LogP contribution in [0.2, 0.25) is 0 Å². The number of hydrogen-bond donors (Lipinski definition) is 1. The zero-order chi connectivity index (χ0) is 12.3. The van der Waals surface area contributed by atoms with E-state index in [9.17, 15) is 0 Å². The highest BCUT2D eigenvalue weighted by molar-refractivity contribution is 5.50. The lowest BCUT2D eigenvalue weighted by atomic mass is 10.1. The van der Waals surface area contributed by atoms with Crippen molar-refractivity contribution in [3.05, 3.63) is 23.8 Å². The lowest BCUT2D eigenvalue weighted by molar-refractivity contribution is 0.270. The Balaban J connectivity index is 2.17. The van der Waals surface area contributed by atoms with Gasteiger partial charge in [0, 0.05) is 11.6 Å². The predicted molar refractivity (Wildman–Crippen MR) is 68.7 cm³/mol. The van der Waals surface area contributed by atoms with Crippen LogP contribution in [0.5, 0.6) is 11.5 Å². The fourth-order valence-electron chi connectivity index (χ4n) is 2.08. The molecule has 17 heavy (non-hydrogen) atoms. The van der Waals surface area contributed by atoms with Crippen LogP contribution in [0.15, 0.2) is 18.2 Å². The highest BCUT2D eigenvalue weighted by Crippen LogP contribution is 2.40. The summed E-state index contributed by atoms with van der Waals surface area (Å²) >= 11 is 0. The molecule has 1 atom stereocenters. The van der Waals surface area contributed by atoms with E-state index in [4.69, 9.17) is 9.47 Å². The van der Waals surface area contributed by atoms with E-state index in [0.717, 1.165) is 24.5 Å². The zero-order valence-electron chi connectivity index (χ0n) is 10.8. The first-order valence-corrected chi connectivity index (χ1v) is 6.37. The molecule has 1 aromatic carbocycles. The summed E-state index contributed by atoms with van der Waals surface area (Å²) in [5, 5.41) is 3.50. The van der Waals surface area contributed by atoms with Gasteiger partial charge in [0.2, 0.25) is 0 Å². The molecule has 1 N–H and O–H groups in total. The molecule has 0 spiro atoms. The largest absolute Gasteiger partial charge is 0.490 e. The van der Waals surface area contributed by atoms with Crippen LogP contribution in [0.25, 0.3) is 0 Å². The first kappa shape index (κ1) is 12.2. The molecule has 0 saturated carbocycles. The Morgan fingerprint density at radius 1 is 1.47 bits per heavy atom. The van der Waals surface area contributed by atoms with Crippen LogP contribution in [-0.4, -0.2) is 19.3 Å². The molecule has 0 fully saturated rings. The van der Waals surface area contributed by atoms with Crippen molar-refractivity contribution in [1.29, 1.82) is 0 Å². The minimum absolute atomic E-state index is 0.287. The van der Waals surface area contributed by atoms with Crippen molar-refractivity contribution >= 4 is 0 Å². The summed E-state index contributed by atoms with van der Waals surface area (Å²) in [5.41, 5.74) is 1.22. The average molecular weight is 235 g/mol. The second-order valence-corrected chi connectivity index (χ2v) is 4.71. The zero-order valence-corrected chi connectivity index (χ0v) is 10.8. The second kappa shape index (κ2) is 5.41. The van der Waals surface area contributed by atoms with Crippen LogP contribution in [-0.2, 0) is 0 Å². The Morgan fingerprint density at radius 2 is 2.29 bits per heavy atom. The van der Waals surface area contributed by atoms with Crippen LogP contribution >= 0.6 is 0 Å². The van der Waals surface area contributed by atoms with Crippen molar-refractivity contribution < 1.29 is 9.47 Å². The number of para-hydroxylation sites is 1. The molecule has 0 amide bonds. The number of fused-ring (bicyclic) bond motifs is 1. The average Bonchev–Trinajstić information content (AvgIpc) is 2.70. The van der Waals surface area contributed by atoms with Gasteiger partial charge in [0.1, 0.15) is 6.61 Å². The highest BCUT2D eigenvalue weighted by atomic mass is 16.5. The smallest absolute Gasteiger partial charge is 0.166 e. The maximum Gasteiger partial charge on any atom is 0.166 e. The fourth-order valence-corrected chi connectivity index (χ4v) is 2.08. The molecule has 94 valence electrons. The molecule has 1 heterocycles. The molecule has 1 aliphatic heterocycles. The van der Waals surface area contributed by atoms with E-state index in [1.807, 2.05) is 12.1 Å². The van der Waals surface area contributed by atoms with E-state index in [1.165, 1.54) is 5.56 Å². The Labute approximate surface area is 103 Å². The summed E-state index contributed by atoms with van der Waals surface area (Å²) in [7, 11) is 0. The second-order valence-electron chi connectivity index (χ2n) is 4.71. The summed E-state index contributed by atoms with van der Waals surface area (Å²) < 4.78 is 11.5. The third-order valence-corrected chi connectivity index (χ3v) is 2.78. The van der Waals surface area contributed by atoms with Crippen LogP contribution in [0.3, 0.4) is 0 Å². The van der Waals surface area contributed by atoms with Crippen molar-refractivity contribution in [2.24, 2.45) is 0 Å². The van der Waals surface area contributed by atoms with Crippen LogP contribution in [0.1, 0.15) is 38.8 Å². The van der Waals surface area contributed by atoms with E-state index >= 15 is 0 Å². The van der Waals surface area contributed by atoms with Gasteiger partial charge in [-0.15, -0.1) is 0 Å². The molecule has 0 aromatic heterocycles. The van der Waals surface area contributed by atoms with Crippen molar-refractivity contribution in [2.75, 3.05) is 13.2 Å². The SMILES string of the molecule is CCCOc1cccc2c1OCC2NC(C)C. The molecule has 0 aliphatic carbocycles. The quantitative estimate of drug-likeness (QED) is 0.851. The molecular formula is C14H21NO2. The molecule has 0 saturated heterocycles. The summed E-state index contributed by atoms with van der Waals surface area (Å²) in [6, 6.07) is 6.87. The molecule has 3 heteroatoms. The number of benzene rings is 1. The maximum absolute atomic E-state index is 5.75. The summed E-state index contributed by atoms with van der Waals surface area (Å²) in [6.07, 6.45) is 1.01. The molecular weight excluding hydrogens is 214 g/mol. The summed E-state index contributed by atoms with van der Waals surface area (Å²) in [5.74, 6) is 1.79. The molecule has 0 radical (unpaired) electrons. The Morgan fingerprint density at radius 3 is 3.00 bits per heavy atom. The number of ether oxygens (including phenoxy) is 2. The summed E-state index contributed by atoms with van der Waals surface area (Å²) in [4.78, 5) is 0. The predicted octanol–water partition coefficient (Wildman–Crippen LogP) is 2.91. The van der Waals surface area contributed by atoms with Gasteiger partial charge in [0.05, 0.1) is 12.6 Å². The van der Waals surface area contributed by atoms with Gasteiger partial charge >= 0.3 is 0 Å². The van der Waals surface area contributed by atoms with Crippen molar-refractivity contribution in [3.8, 4) is 11.5 Å². The third kappa shape index (κ3) is 2.72. The fraction of sp³-hybridized carbons (Fsp3) is 0.571. The normalized spacial score (nSPS) is 18.0. The Kier molecular flexibility index (Phi) is 3.89. The van der Waals surface area contributed by atoms with E-state index in [1.54, 1.807) is 0 Å². The van der Waals surface area contributed by atoms with Crippen LogP contribution in [0.4, 0.5) is 0 Å². The third-order valence-electron chi connectivity index (χ3n) is 2.78. The molecule has 2 rings (SSSR count). The summed E-state index contributed by atoms with van der Waals surface area (Å²) in [6.45, 7) is 7.83. The molecule has 3 nitrogen and oxygen atoms in total. The molecule has 1 aliphatic rings. The highest BCUT2D eigenvalue weighted by Gasteiger charge is 2.27. The van der Waals surface area contributed by atoms with Gasteiger partial charge in [-0.05, 0) is 12.5 Å². The lowest BCUT2D eigenvalue weighted by Gasteiger charge is -2.14. The van der Waals surface area contributed by atoms with Crippen molar-refractivity contribution in [2.45, 2.75) is 39.3 Å². The number of hydrogen-bond acceptors (Lipinski definition) is 3. The van der Waals surface area contributed by atoms with Gasteiger partial charge in [-0.25, -0.2) is 0 Å². The topological polar surface area (TPSA) is 30.5 Å². The molecule has 0 bridgehead atoms. The van der Waals surface area contributed by atoms with E-state index < -0.39 is 0 Å². The van der Waals surface area contributed by atoms with Gasteiger partial charge < -0.3 is 14.8 Å². The molecule has 1 unspecified atom stereocenters. The van der Waals surface area contributed by atoms with Gasteiger partial charge in [-0.1, -0.05) is 32.9 Å². The maximum atomic E-state index is 5.75. The van der Waals surface area contributed by atoms with Crippen molar-refractivity contribution in [1.82, 2.24) is 5.32 Å². The van der Waals surface area contributed by atoms with E-state index in [0.29, 0.717) is 12.6 Å². The molecule has 1 aromatic rings. The van der Waals surface area contributed by atoms with Gasteiger partial charge in [-0.2, -0.15) is 0 Å². The monoisotopic (exact) mass is 235 g/mol. The van der Waals surface area contributed by atoms with Crippen LogP contribution in [0, 0.1) is 0 Å². The first-order chi connectivity index (χ1) is 8.22. The van der Waals surface area contributed by atoms with E-state index in [2.05, 4.69) is 32.2 Å². The standard InChI is InChI=1S/C14H21NO2/c1-4-8-16-13-7-5-6-11-12(15-10(2)3)9-17-14(11)13/h5-7,10,12,15H,4,8-9H2,1-3H3. The number of rotatable bonds is 5. The van der Waals surface area contributed by atoms with E-state index in [-0.39, 0.29) is 6.04 Å².